The maximum atomic E-state index is 13.4. The smallest absolute Gasteiger partial charge is 0.240 e. The molecule has 0 spiro atoms. The molecule has 0 saturated carbocycles. The van der Waals surface area contributed by atoms with Crippen LogP contribution < -0.4 is 4.72 Å². The molecule has 0 amide bonds. The van der Waals surface area contributed by atoms with Crippen LogP contribution in [0.1, 0.15) is 23.2 Å². The zero-order valence-electron chi connectivity index (χ0n) is 14.1. The first-order valence-electron chi connectivity index (χ1n) is 8.41. The maximum absolute atomic E-state index is 13.4. The van der Waals surface area contributed by atoms with Gasteiger partial charge in [-0.05, 0) is 73.7 Å². The zero-order valence-corrected chi connectivity index (χ0v) is 15.0. The number of benzene rings is 2. The average Bonchev–Trinajstić information content (AvgIpc) is 2.93. The molecule has 1 aliphatic carbocycles. The van der Waals surface area contributed by atoms with E-state index in [4.69, 9.17) is 0 Å². The number of hydrogen-bond donors (Lipinski definition) is 2. The van der Waals surface area contributed by atoms with Crippen molar-refractivity contribution in [1.82, 2.24) is 9.71 Å². The Hall–Kier alpha value is -2.25. The fraction of sp³-hybridized carbons (Fsp3) is 0.263. The minimum absolute atomic E-state index is 0.0585. The van der Waals surface area contributed by atoms with Crippen LogP contribution in [0.3, 0.4) is 0 Å². The Morgan fingerprint density at radius 2 is 1.96 bits per heavy atom. The van der Waals surface area contributed by atoms with Crippen LogP contribution in [0.25, 0.3) is 10.9 Å². The van der Waals surface area contributed by atoms with Crippen LogP contribution in [-0.2, 0) is 22.9 Å². The second kappa shape index (κ2) is 6.17. The van der Waals surface area contributed by atoms with Gasteiger partial charge < -0.3 is 4.98 Å². The summed E-state index contributed by atoms with van der Waals surface area (Å²) in [6.45, 7) is 1.53. The van der Waals surface area contributed by atoms with Gasteiger partial charge in [-0.25, -0.2) is 21.9 Å². The number of sulfonamides is 1. The number of fused-ring (bicyclic) bond motifs is 3. The molecule has 0 saturated heterocycles. The molecular weight excluding hydrogens is 358 g/mol. The monoisotopic (exact) mass is 376 g/mol. The number of halogens is 2. The molecule has 1 aliphatic rings. The van der Waals surface area contributed by atoms with Gasteiger partial charge in [0.15, 0.2) is 0 Å². The predicted octanol–water partition coefficient (Wildman–Crippen LogP) is 3.59. The lowest BCUT2D eigenvalue weighted by Crippen LogP contribution is -2.38. The lowest BCUT2D eigenvalue weighted by Gasteiger charge is -2.23. The summed E-state index contributed by atoms with van der Waals surface area (Å²) in [6, 6.07) is 8.09. The average molecular weight is 376 g/mol. The topological polar surface area (TPSA) is 62.0 Å². The normalized spacial score (nSPS) is 17.4. The third-order valence-electron chi connectivity index (χ3n) is 4.91. The number of aromatic nitrogens is 1. The number of rotatable bonds is 3. The Morgan fingerprint density at radius 3 is 2.73 bits per heavy atom. The van der Waals surface area contributed by atoms with Crippen molar-refractivity contribution in [3.05, 3.63) is 64.9 Å². The van der Waals surface area contributed by atoms with Crippen LogP contribution in [0.15, 0.2) is 41.3 Å². The highest BCUT2D eigenvalue weighted by Gasteiger charge is 2.27. The lowest BCUT2D eigenvalue weighted by molar-refractivity contribution is 0.506. The van der Waals surface area contributed by atoms with E-state index in [-0.39, 0.29) is 22.3 Å². The highest BCUT2D eigenvalue weighted by Crippen LogP contribution is 2.30. The highest BCUT2D eigenvalue weighted by atomic mass is 32.2. The summed E-state index contributed by atoms with van der Waals surface area (Å²) < 4.78 is 54.8. The zero-order chi connectivity index (χ0) is 18.5. The molecule has 7 heteroatoms. The predicted molar refractivity (Wildman–Crippen MR) is 95.5 cm³/mol. The van der Waals surface area contributed by atoms with E-state index in [1.807, 2.05) is 0 Å². The van der Waals surface area contributed by atoms with Crippen molar-refractivity contribution < 1.29 is 17.2 Å². The van der Waals surface area contributed by atoms with Gasteiger partial charge in [-0.3, -0.25) is 0 Å². The van der Waals surface area contributed by atoms with Crippen LogP contribution in [0.4, 0.5) is 8.78 Å². The van der Waals surface area contributed by atoms with E-state index >= 15 is 0 Å². The van der Waals surface area contributed by atoms with E-state index in [2.05, 4.69) is 9.71 Å². The van der Waals surface area contributed by atoms with E-state index in [1.165, 1.54) is 31.2 Å². The van der Waals surface area contributed by atoms with Crippen molar-refractivity contribution in [2.24, 2.45) is 0 Å². The second-order valence-electron chi connectivity index (χ2n) is 6.74. The Morgan fingerprint density at radius 1 is 1.15 bits per heavy atom. The van der Waals surface area contributed by atoms with Gasteiger partial charge in [0.2, 0.25) is 10.0 Å². The van der Waals surface area contributed by atoms with Crippen LogP contribution >= 0.6 is 0 Å². The molecule has 0 bridgehead atoms. The summed E-state index contributed by atoms with van der Waals surface area (Å²) >= 11 is 0. The first-order valence-corrected chi connectivity index (χ1v) is 9.89. The van der Waals surface area contributed by atoms with Crippen molar-refractivity contribution in [2.75, 3.05) is 0 Å². The fourth-order valence-electron chi connectivity index (χ4n) is 3.57. The molecule has 3 aromatic rings. The van der Waals surface area contributed by atoms with Crippen LogP contribution in [0.5, 0.6) is 0 Å². The standard InChI is InChI=1S/C19H18F2N2O2S/c1-11-8-14(4-6-17(11)21)26(24,25)23-13-3-7-18-16(10-13)15-5-2-12(20)9-19(15)22-18/h2,4-6,8-9,13,22-23H,3,7,10H2,1H3. The first kappa shape index (κ1) is 17.2. The molecule has 2 aromatic carbocycles. The van der Waals surface area contributed by atoms with Gasteiger partial charge in [0.1, 0.15) is 11.6 Å². The molecule has 0 fully saturated rings. The Kier molecular flexibility index (Phi) is 4.08. The molecule has 26 heavy (non-hydrogen) atoms. The Bertz CT molecular complexity index is 1110. The van der Waals surface area contributed by atoms with Gasteiger partial charge in [0.05, 0.1) is 4.90 Å². The number of hydrogen-bond acceptors (Lipinski definition) is 2. The van der Waals surface area contributed by atoms with E-state index in [0.29, 0.717) is 19.3 Å². The van der Waals surface area contributed by atoms with Crippen molar-refractivity contribution in [3.63, 3.8) is 0 Å². The number of nitrogens with one attached hydrogen (secondary N) is 2. The van der Waals surface area contributed by atoms with Crippen LogP contribution in [0.2, 0.25) is 0 Å². The van der Waals surface area contributed by atoms with Gasteiger partial charge >= 0.3 is 0 Å². The molecular formula is C19H18F2N2O2S. The second-order valence-corrected chi connectivity index (χ2v) is 8.46. The van der Waals surface area contributed by atoms with E-state index in [0.717, 1.165) is 28.2 Å². The van der Waals surface area contributed by atoms with E-state index in [9.17, 15) is 17.2 Å². The fourth-order valence-corrected chi connectivity index (χ4v) is 4.92. The van der Waals surface area contributed by atoms with E-state index < -0.39 is 15.8 Å². The number of H-pyrrole nitrogens is 1. The van der Waals surface area contributed by atoms with Gasteiger partial charge in [0.25, 0.3) is 0 Å². The summed E-state index contributed by atoms with van der Waals surface area (Å²) in [5.41, 5.74) is 3.07. The highest BCUT2D eigenvalue weighted by molar-refractivity contribution is 7.89. The van der Waals surface area contributed by atoms with Crippen molar-refractivity contribution in [3.8, 4) is 0 Å². The lowest BCUT2D eigenvalue weighted by atomic mass is 9.92. The summed E-state index contributed by atoms with van der Waals surface area (Å²) in [7, 11) is -3.73. The molecule has 0 radical (unpaired) electrons. The minimum atomic E-state index is -3.73. The minimum Gasteiger partial charge on any atom is -0.358 e. The number of aromatic amines is 1. The molecule has 1 heterocycles. The van der Waals surface area contributed by atoms with E-state index in [1.54, 1.807) is 6.07 Å². The largest absolute Gasteiger partial charge is 0.358 e. The van der Waals surface area contributed by atoms with Gasteiger partial charge in [-0.15, -0.1) is 0 Å². The first-order chi connectivity index (χ1) is 12.3. The maximum Gasteiger partial charge on any atom is 0.240 e. The molecule has 1 unspecified atom stereocenters. The van der Waals surface area contributed by atoms with Crippen LogP contribution in [-0.4, -0.2) is 19.4 Å². The SMILES string of the molecule is Cc1cc(S(=O)(=O)NC2CCc3[nH]c4cc(F)ccc4c3C2)ccc1F. The molecule has 1 atom stereocenters. The molecule has 1 aromatic heterocycles. The molecule has 2 N–H and O–H groups in total. The van der Waals surface area contributed by atoms with Crippen molar-refractivity contribution in [2.45, 2.75) is 37.1 Å². The quantitative estimate of drug-likeness (QED) is 0.734. The number of aryl methyl sites for hydroxylation is 2. The molecule has 4 nitrogen and oxygen atoms in total. The molecule has 136 valence electrons. The van der Waals surface area contributed by atoms with Crippen molar-refractivity contribution in [1.29, 1.82) is 0 Å². The van der Waals surface area contributed by atoms with Gasteiger partial charge in [0, 0.05) is 22.6 Å². The third-order valence-corrected chi connectivity index (χ3v) is 6.43. The van der Waals surface area contributed by atoms with Crippen molar-refractivity contribution >= 4 is 20.9 Å². The summed E-state index contributed by atoms with van der Waals surface area (Å²) in [5, 5.41) is 0.919. The summed E-state index contributed by atoms with van der Waals surface area (Å²) in [5.74, 6) is -0.739. The summed E-state index contributed by atoms with van der Waals surface area (Å²) in [4.78, 5) is 3.29. The van der Waals surface area contributed by atoms with Gasteiger partial charge in [-0.1, -0.05) is 0 Å². The molecule has 0 aliphatic heterocycles. The third kappa shape index (κ3) is 3.01. The Balaban J connectivity index is 1.60. The summed E-state index contributed by atoms with van der Waals surface area (Å²) in [6.07, 6.45) is 1.85. The Labute approximate surface area is 150 Å². The molecule has 4 rings (SSSR count). The van der Waals surface area contributed by atoms with Crippen LogP contribution in [0, 0.1) is 18.6 Å². The van der Waals surface area contributed by atoms with Gasteiger partial charge in [-0.2, -0.15) is 0 Å².